The van der Waals surface area contributed by atoms with Gasteiger partial charge < -0.3 is 10.2 Å². The lowest BCUT2D eigenvalue weighted by Gasteiger charge is -2.25. The van der Waals surface area contributed by atoms with Crippen LogP contribution >= 0.6 is 0 Å². The van der Waals surface area contributed by atoms with Crippen LogP contribution in [0.2, 0.25) is 0 Å². The lowest BCUT2D eigenvalue weighted by atomic mass is 10.2. The van der Waals surface area contributed by atoms with Gasteiger partial charge in [-0.05, 0) is 43.7 Å². The number of nitrogens with one attached hydrogen (secondary N) is 2. The predicted molar refractivity (Wildman–Crippen MR) is 108 cm³/mol. The first kappa shape index (κ1) is 22.8. The summed E-state index contributed by atoms with van der Waals surface area (Å²) in [5.74, 6) is -2.69. The van der Waals surface area contributed by atoms with Crippen LogP contribution in [-0.4, -0.2) is 40.5 Å². The van der Waals surface area contributed by atoms with E-state index in [1.807, 2.05) is 38.1 Å². The van der Waals surface area contributed by atoms with E-state index < -0.39 is 26.6 Å². The molecule has 29 heavy (non-hydrogen) atoms. The van der Waals surface area contributed by atoms with Gasteiger partial charge in [0.25, 0.3) is 0 Å². The lowest BCUT2D eigenvalue weighted by molar-refractivity contribution is -0.120. The maximum Gasteiger partial charge on any atom is 0.240 e. The number of aryl methyl sites for hydroxylation is 1. The average molecular weight is 426 g/mol. The number of sulfonamides is 1. The maximum atomic E-state index is 13.2. The van der Waals surface area contributed by atoms with Gasteiger partial charge in [-0.2, -0.15) is 0 Å². The number of benzene rings is 2. The van der Waals surface area contributed by atoms with Gasteiger partial charge in [0.15, 0.2) is 11.6 Å². The fourth-order valence-electron chi connectivity index (χ4n) is 2.81. The molecule has 2 N–H and O–H groups in total. The smallest absolute Gasteiger partial charge is 0.240 e. The molecule has 0 bridgehead atoms. The molecule has 9 heteroatoms. The van der Waals surface area contributed by atoms with Crippen LogP contribution in [0, 0.1) is 18.6 Å². The fourth-order valence-corrected chi connectivity index (χ4v) is 3.86. The first-order valence-electron chi connectivity index (χ1n) is 9.26. The summed E-state index contributed by atoms with van der Waals surface area (Å²) in [4.78, 5) is 13.7. The highest BCUT2D eigenvalue weighted by Gasteiger charge is 2.16. The Labute approximate surface area is 170 Å². The Balaban J connectivity index is 1.78. The van der Waals surface area contributed by atoms with Gasteiger partial charge in [0.2, 0.25) is 15.9 Å². The Bertz CT molecular complexity index is 952. The number of carbonyl (C=O) groups is 1. The highest BCUT2D eigenvalue weighted by atomic mass is 32.2. The van der Waals surface area contributed by atoms with Gasteiger partial charge in [-0.1, -0.05) is 18.2 Å². The minimum atomic E-state index is -4.02. The third kappa shape index (κ3) is 6.50. The van der Waals surface area contributed by atoms with E-state index in [4.69, 9.17) is 0 Å². The standard InChI is InChI=1S/C20H25F2N3O3S/c1-3-25(19-7-5-4-6-15(19)2)13-12-23-20(26)10-11-24-29(27,28)16-8-9-17(21)18(22)14-16/h4-9,14,24H,3,10-13H2,1-2H3,(H,23,26). The SMILES string of the molecule is CCN(CCNC(=O)CCNS(=O)(=O)c1ccc(F)c(F)c1)c1ccccc1C. The summed E-state index contributed by atoms with van der Waals surface area (Å²) >= 11 is 0. The maximum absolute atomic E-state index is 13.2. The molecule has 2 aromatic carbocycles. The molecule has 0 aromatic heterocycles. The van der Waals surface area contributed by atoms with Crippen LogP contribution in [0.4, 0.5) is 14.5 Å². The van der Waals surface area contributed by atoms with Crippen molar-refractivity contribution in [3.05, 3.63) is 59.7 Å². The van der Waals surface area contributed by atoms with E-state index >= 15 is 0 Å². The molecule has 0 atom stereocenters. The molecule has 1 amide bonds. The molecule has 0 fully saturated rings. The van der Waals surface area contributed by atoms with E-state index in [9.17, 15) is 22.0 Å². The van der Waals surface area contributed by atoms with E-state index in [1.54, 1.807) is 0 Å². The second-order valence-corrected chi connectivity index (χ2v) is 8.21. The Morgan fingerprint density at radius 2 is 1.79 bits per heavy atom. The molecule has 0 aliphatic rings. The second kappa shape index (κ2) is 10.3. The van der Waals surface area contributed by atoms with Gasteiger partial charge >= 0.3 is 0 Å². The molecule has 0 aliphatic carbocycles. The summed E-state index contributed by atoms with van der Waals surface area (Å²) in [6.45, 7) is 5.72. The Hall–Kier alpha value is -2.52. The van der Waals surface area contributed by atoms with Crippen LogP contribution in [0.15, 0.2) is 47.4 Å². The quantitative estimate of drug-likeness (QED) is 0.613. The monoisotopic (exact) mass is 425 g/mol. The van der Waals surface area contributed by atoms with Gasteiger partial charge in [0.05, 0.1) is 4.90 Å². The van der Waals surface area contributed by atoms with Crippen LogP contribution in [-0.2, 0) is 14.8 Å². The molecule has 0 saturated carbocycles. The minimum absolute atomic E-state index is 0.0700. The van der Waals surface area contributed by atoms with Gasteiger partial charge in [-0.15, -0.1) is 0 Å². The summed E-state index contributed by atoms with van der Waals surface area (Å²) in [6, 6.07) is 10.3. The molecule has 2 rings (SSSR count). The molecule has 0 spiro atoms. The van der Waals surface area contributed by atoms with Crippen molar-refractivity contribution in [2.45, 2.75) is 25.2 Å². The average Bonchev–Trinajstić information content (AvgIpc) is 2.68. The van der Waals surface area contributed by atoms with Crippen LogP contribution in [0.5, 0.6) is 0 Å². The first-order chi connectivity index (χ1) is 13.7. The van der Waals surface area contributed by atoms with E-state index in [0.717, 1.165) is 29.9 Å². The summed E-state index contributed by atoms with van der Waals surface area (Å²) in [6.07, 6.45) is -0.0700. The Morgan fingerprint density at radius 1 is 1.07 bits per heavy atom. The Morgan fingerprint density at radius 3 is 2.45 bits per heavy atom. The zero-order chi connectivity index (χ0) is 21.4. The number of halogens is 2. The van der Waals surface area contributed by atoms with Crippen molar-refractivity contribution in [1.82, 2.24) is 10.0 Å². The molecule has 0 saturated heterocycles. The summed E-state index contributed by atoms with van der Waals surface area (Å²) in [5, 5.41) is 2.75. The number of amides is 1. The van der Waals surface area contributed by atoms with Crippen molar-refractivity contribution in [1.29, 1.82) is 0 Å². The highest BCUT2D eigenvalue weighted by Crippen LogP contribution is 2.18. The van der Waals surface area contributed by atoms with Crippen LogP contribution in [0.1, 0.15) is 18.9 Å². The molecular formula is C20H25F2N3O3S. The summed E-state index contributed by atoms with van der Waals surface area (Å²) in [5.41, 5.74) is 2.25. The third-order valence-corrected chi connectivity index (χ3v) is 5.85. The molecule has 0 aliphatic heterocycles. The number of hydrogen-bond donors (Lipinski definition) is 2. The number of likely N-dealkylation sites (N-methyl/N-ethyl adjacent to an activating group) is 1. The van der Waals surface area contributed by atoms with Crippen molar-refractivity contribution in [3.63, 3.8) is 0 Å². The zero-order valence-electron chi connectivity index (χ0n) is 16.4. The van der Waals surface area contributed by atoms with Gasteiger partial charge in [0.1, 0.15) is 0 Å². The van der Waals surface area contributed by atoms with Crippen molar-refractivity contribution < 1.29 is 22.0 Å². The van der Waals surface area contributed by atoms with Crippen LogP contribution in [0.3, 0.4) is 0 Å². The molecular weight excluding hydrogens is 400 g/mol. The largest absolute Gasteiger partial charge is 0.370 e. The topological polar surface area (TPSA) is 78.5 Å². The number of rotatable bonds is 10. The molecule has 0 radical (unpaired) electrons. The zero-order valence-corrected chi connectivity index (χ0v) is 17.2. The third-order valence-electron chi connectivity index (χ3n) is 4.39. The molecule has 0 heterocycles. The molecule has 0 unspecified atom stereocenters. The highest BCUT2D eigenvalue weighted by molar-refractivity contribution is 7.89. The van der Waals surface area contributed by atoms with Gasteiger partial charge in [-0.3, -0.25) is 4.79 Å². The Kier molecular flexibility index (Phi) is 8.10. The van der Waals surface area contributed by atoms with Gasteiger partial charge in [0, 0.05) is 38.3 Å². The second-order valence-electron chi connectivity index (χ2n) is 6.44. The first-order valence-corrected chi connectivity index (χ1v) is 10.7. The van der Waals surface area contributed by atoms with E-state index in [1.165, 1.54) is 0 Å². The van der Waals surface area contributed by atoms with Crippen molar-refractivity contribution in [2.75, 3.05) is 31.1 Å². The molecule has 158 valence electrons. The summed E-state index contributed by atoms with van der Waals surface area (Å²) < 4.78 is 52.5. The number of para-hydroxylation sites is 1. The van der Waals surface area contributed by atoms with Crippen LogP contribution in [0.25, 0.3) is 0 Å². The molecule has 2 aromatic rings. The fraction of sp³-hybridized carbons (Fsp3) is 0.350. The number of carbonyl (C=O) groups excluding carboxylic acids is 1. The van der Waals surface area contributed by atoms with E-state index in [-0.39, 0.29) is 18.9 Å². The van der Waals surface area contributed by atoms with E-state index in [2.05, 4.69) is 14.9 Å². The molecule has 6 nitrogen and oxygen atoms in total. The van der Waals surface area contributed by atoms with Gasteiger partial charge in [-0.25, -0.2) is 21.9 Å². The number of anilines is 1. The number of hydrogen-bond acceptors (Lipinski definition) is 4. The van der Waals surface area contributed by atoms with Crippen LogP contribution < -0.4 is 14.9 Å². The summed E-state index contributed by atoms with van der Waals surface area (Å²) in [7, 11) is -4.02. The number of nitrogens with zero attached hydrogens (tertiary/aromatic N) is 1. The van der Waals surface area contributed by atoms with E-state index in [0.29, 0.717) is 19.2 Å². The van der Waals surface area contributed by atoms with Crippen molar-refractivity contribution >= 4 is 21.6 Å². The normalized spacial score (nSPS) is 11.3. The predicted octanol–water partition coefficient (Wildman–Crippen LogP) is 2.58. The van der Waals surface area contributed by atoms with Crippen molar-refractivity contribution in [3.8, 4) is 0 Å². The van der Waals surface area contributed by atoms with Crippen molar-refractivity contribution in [2.24, 2.45) is 0 Å². The lowest BCUT2D eigenvalue weighted by Crippen LogP contribution is -2.36. The minimum Gasteiger partial charge on any atom is -0.370 e.